The molecule has 2 aromatic heterocycles. The summed E-state index contributed by atoms with van der Waals surface area (Å²) in [6.45, 7) is 8.36. The van der Waals surface area contributed by atoms with Gasteiger partial charge in [0.15, 0.2) is 5.82 Å². The molecule has 4 rings (SSSR count). The van der Waals surface area contributed by atoms with Crippen molar-refractivity contribution in [2.45, 2.75) is 59.2 Å². The molecule has 0 amide bonds. The summed E-state index contributed by atoms with van der Waals surface area (Å²) in [6.07, 6.45) is 1.62. The number of hydrogen-bond acceptors (Lipinski definition) is 9. The molecule has 2 heterocycles. The van der Waals surface area contributed by atoms with E-state index in [4.69, 9.17) is 29.2 Å². The maximum atomic E-state index is 14.0. The topological polar surface area (TPSA) is 140 Å². The number of anilines is 1. The number of imidazole rings is 1. The number of unbranched alkanes of at least 4 members (excludes halogenated alkanes) is 1. The predicted octanol–water partition coefficient (Wildman–Crippen LogP) is 5.79. The van der Waals surface area contributed by atoms with Crippen molar-refractivity contribution in [2.75, 3.05) is 25.6 Å². The molecule has 0 aliphatic carbocycles. The van der Waals surface area contributed by atoms with Crippen LogP contribution in [-0.2, 0) is 30.0 Å². The Kier molecular flexibility index (Phi) is 10.3. The van der Waals surface area contributed by atoms with Crippen LogP contribution in [0.1, 0.15) is 52.4 Å². The van der Waals surface area contributed by atoms with E-state index in [2.05, 4.69) is 10.1 Å². The van der Waals surface area contributed by atoms with Gasteiger partial charge in [-0.25, -0.2) is 14.5 Å². The van der Waals surface area contributed by atoms with Gasteiger partial charge in [-0.3, -0.25) is 9.32 Å². The van der Waals surface area contributed by atoms with Gasteiger partial charge in [0.1, 0.15) is 29.7 Å². The minimum absolute atomic E-state index is 0.0458. The van der Waals surface area contributed by atoms with Crippen LogP contribution in [0.5, 0.6) is 5.75 Å². The van der Waals surface area contributed by atoms with E-state index in [1.165, 1.54) is 0 Å². The first kappa shape index (κ1) is 30.5. The van der Waals surface area contributed by atoms with Gasteiger partial charge >= 0.3 is 13.7 Å². The third kappa shape index (κ3) is 7.42. The average Bonchev–Trinajstić information content (AvgIpc) is 3.36. The minimum atomic E-state index is -4.05. The van der Waals surface area contributed by atoms with E-state index in [9.17, 15) is 9.36 Å². The smallest absolute Gasteiger partial charge is 0.459 e. The van der Waals surface area contributed by atoms with Crippen LogP contribution in [0.4, 0.5) is 5.82 Å². The second-order valence-electron chi connectivity index (χ2n) is 9.67. The quantitative estimate of drug-likeness (QED) is 0.100. The van der Waals surface area contributed by atoms with E-state index in [0.29, 0.717) is 29.5 Å². The Balaban J connectivity index is 1.65. The fourth-order valence-electron chi connectivity index (χ4n) is 4.36. The number of aromatic nitrogens is 3. The van der Waals surface area contributed by atoms with E-state index in [1.54, 1.807) is 31.2 Å². The average molecular weight is 584 g/mol. The van der Waals surface area contributed by atoms with E-state index < -0.39 is 19.8 Å². The number of nitrogens with zero attached hydrogens (tertiary/aromatic N) is 3. The van der Waals surface area contributed by atoms with Crippen molar-refractivity contribution in [3.63, 3.8) is 0 Å². The molecular formula is C29H38N5O6P. The fourth-order valence-corrected chi connectivity index (χ4v) is 5.93. The van der Waals surface area contributed by atoms with Crippen molar-refractivity contribution >= 4 is 41.5 Å². The van der Waals surface area contributed by atoms with Crippen molar-refractivity contribution < 1.29 is 27.9 Å². The third-order valence-corrected chi connectivity index (χ3v) is 8.05. The van der Waals surface area contributed by atoms with Crippen molar-refractivity contribution in [3.05, 3.63) is 60.4 Å². The van der Waals surface area contributed by atoms with Crippen LogP contribution in [0, 0.1) is 0 Å². The Morgan fingerprint density at radius 1 is 1.07 bits per heavy atom. The number of ether oxygens (including phenoxy) is 2. The molecule has 2 aromatic carbocycles. The van der Waals surface area contributed by atoms with Crippen LogP contribution >= 0.6 is 7.75 Å². The summed E-state index contributed by atoms with van der Waals surface area (Å²) in [6, 6.07) is 15.0. The number of hydrogen-bond donors (Lipinski definition) is 2. The highest BCUT2D eigenvalue weighted by Crippen LogP contribution is 2.46. The molecular weight excluding hydrogens is 545 g/mol. The van der Waals surface area contributed by atoms with E-state index in [-0.39, 0.29) is 25.9 Å². The zero-order valence-corrected chi connectivity index (χ0v) is 24.8. The molecule has 11 nitrogen and oxygen atoms in total. The van der Waals surface area contributed by atoms with Gasteiger partial charge in [0, 0.05) is 12.0 Å². The van der Waals surface area contributed by atoms with Gasteiger partial charge in [0.25, 0.3) is 0 Å². The van der Waals surface area contributed by atoms with Crippen LogP contribution in [0.3, 0.4) is 0 Å². The van der Waals surface area contributed by atoms with Crippen LogP contribution in [0.25, 0.3) is 21.9 Å². The summed E-state index contributed by atoms with van der Waals surface area (Å²) < 4.78 is 38.8. The number of rotatable bonds is 15. The van der Waals surface area contributed by atoms with Crippen LogP contribution < -0.4 is 15.3 Å². The number of carbonyl (C=O) groups is 1. The SMILES string of the molecule is CCCCOC(=O)[C@H](C)N[P@](=O)(OC[C@H](C)n1c(COCC)nc2c(N)nc3ccccc3c21)Oc1ccccc1. The van der Waals surface area contributed by atoms with Gasteiger partial charge in [-0.05, 0) is 45.4 Å². The number of para-hydroxylation sites is 2. The van der Waals surface area contributed by atoms with E-state index in [0.717, 1.165) is 29.3 Å². The maximum absolute atomic E-state index is 14.0. The number of nitrogen functional groups attached to an aromatic ring is 1. The molecule has 4 aromatic rings. The number of esters is 1. The molecule has 0 saturated heterocycles. The second-order valence-corrected chi connectivity index (χ2v) is 11.4. The fraction of sp³-hybridized carbons (Fsp3) is 0.414. The lowest BCUT2D eigenvalue weighted by Crippen LogP contribution is -2.35. The number of pyridine rings is 1. The Morgan fingerprint density at radius 2 is 1.80 bits per heavy atom. The lowest BCUT2D eigenvalue weighted by molar-refractivity contribution is -0.145. The zero-order valence-electron chi connectivity index (χ0n) is 23.9. The summed E-state index contributed by atoms with van der Waals surface area (Å²) >= 11 is 0. The molecule has 0 radical (unpaired) electrons. The molecule has 3 atom stereocenters. The van der Waals surface area contributed by atoms with Gasteiger partial charge in [0.2, 0.25) is 0 Å². The lowest BCUT2D eigenvalue weighted by Gasteiger charge is -2.25. The van der Waals surface area contributed by atoms with Gasteiger partial charge < -0.3 is 24.3 Å². The largest absolute Gasteiger partial charge is 0.465 e. The summed E-state index contributed by atoms with van der Waals surface area (Å²) in [4.78, 5) is 21.8. The van der Waals surface area contributed by atoms with Crippen molar-refractivity contribution in [3.8, 4) is 5.75 Å². The molecule has 0 aliphatic rings. The molecule has 0 fully saturated rings. The number of carbonyl (C=O) groups excluding carboxylic acids is 1. The molecule has 0 bridgehead atoms. The van der Waals surface area contributed by atoms with Gasteiger partial charge in [0.05, 0.1) is 30.3 Å². The molecule has 12 heteroatoms. The third-order valence-electron chi connectivity index (χ3n) is 6.40. The Morgan fingerprint density at radius 3 is 2.54 bits per heavy atom. The standard InChI is InChI=1S/C29H38N5O6P/c1-5-7-17-38-29(35)21(4)33-41(36,40-22-13-9-8-10-14-22)39-18-20(3)34-25(19-37-6-2)32-26-27(34)23-15-11-12-16-24(23)31-28(26)30/h8-16,20-21H,5-7,17-19H2,1-4H3,(H2,30,31)(H,33,36)/t20-,21-,41-/m0/s1. The van der Waals surface area contributed by atoms with Crippen molar-refractivity contribution in [2.24, 2.45) is 0 Å². The highest BCUT2D eigenvalue weighted by molar-refractivity contribution is 7.52. The first-order chi connectivity index (χ1) is 19.8. The molecule has 41 heavy (non-hydrogen) atoms. The first-order valence-corrected chi connectivity index (χ1v) is 15.4. The van der Waals surface area contributed by atoms with Crippen LogP contribution in [0.2, 0.25) is 0 Å². The minimum Gasteiger partial charge on any atom is -0.465 e. The number of nitrogens with two attached hydrogens (primary N) is 1. The zero-order chi connectivity index (χ0) is 29.4. The van der Waals surface area contributed by atoms with Crippen LogP contribution in [0.15, 0.2) is 54.6 Å². The Bertz CT molecular complexity index is 1510. The molecule has 0 saturated carbocycles. The number of nitrogens with one attached hydrogen (secondary N) is 1. The van der Waals surface area contributed by atoms with Crippen molar-refractivity contribution in [1.82, 2.24) is 19.6 Å². The summed E-state index contributed by atoms with van der Waals surface area (Å²) in [5.41, 5.74) is 8.37. The van der Waals surface area contributed by atoms with Gasteiger partial charge in [-0.2, -0.15) is 5.09 Å². The second kappa shape index (κ2) is 13.9. The molecule has 0 aliphatic heterocycles. The molecule has 0 unspecified atom stereocenters. The highest BCUT2D eigenvalue weighted by atomic mass is 31.2. The normalized spacial score (nSPS) is 14.5. The molecule has 220 valence electrons. The lowest BCUT2D eigenvalue weighted by atomic mass is 10.1. The van der Waals surface area contributed by atoms with Gasteiger partial charge in [-0.15, -0.1) is 0 Å². The number of benzene rings is 2. The predicted molar refractivity (Wildman–Crippen MR) is 159 cm³/mol. The van der Waals surface area contributed by atoms with E-state index >= 15 is 0 Å². The number of fused-ring (bicyclic) bond motifs is 3. The monoisotopic (exact) mass is 583 g/mol. The Labute approximate surface area is 239 Å². The summed E-state index contributed by atoms with van der Waals surface area (Å²) in [7, 11) is -4.05. The maximum Gasteiger partial charge on any atom is 0.459 e. The van der Waals surface area contributed by atoms with Gasteiger partial charge in [-0.1, -0.05) is 49.7 Å². The summed E-state index contributed by atoms with van der Waals surface area (Å²) in [5, 5.41) is 3.62. The van der Waals surface area contributed by atoms with Crippen LogP contribution in [-0.4, -0.2) is 46.4 Å². The molecule has 0 spiro atoms. The summed E-state index contributed by atoms with van der Waals surface area (Å²) in [5.74, 6) is 0.722. The van der Waals surface area contributed by atoms with Crippen molar-refractivity contribution in [1.29, 1.82) is 0 Å². The Hall–Kier alpha value is -3.50. The van der Waals surface area contributed by atoms with E-state index in [1.807, 2.05) is 55.7 Å². The molecule has 3 N–H and O–H groups in total. The first-order valence-electron chi connectivity index (χ1n) is 13.8. The highest BCUT2D eigenvalue weighted by Gasteiger charge is 2.33.